The SMILES string of the molecule is CC(C)CCNC(=O)c1nc(C(=O)NC2CCCCC2)n2ccccc12. The van der Waals surface area contributed by atoms with Crippen LogP contribution in [0, 0.1) is 5.92 Å². The van der Waals surface area contributed by atoms with Crippen molar-refractivity contribution < 1.29 is 9.59 Å². The lowest BCUT2D eigenvalue weighted by Crippen LogP contribution is -2.37. The standard InChI is InChI=1S/C20H28N4O2/c1-14(2)11-12-21-19(25)17-16-10-6-7-13-24(16)18(23-17)20(26)22-15-8-4-3-5-9-15/h6-7,10,13-15H,3-5,8-9,11-12H2,1-2H3,(H,21,25)(H,22,26). The Morgan fingerprint density at radius 3 is 2.69 bits per heavy atom. The summed E-state index contributed by atoms with van der Waals surface area (Å²) in [5.74, 6) is 0.358. The number of pyridine rings is 1. The normalized spacial score (nSPS) is 15.3. The van der Waals surface area contributed by atoms with E-state index in [2.05, 4.69) is 29.5 Å². The molecule has 6 heteroatoms. The minimum Gasteiger partial charge on any atom is -0.351 e. The molecule has 0 spiro atoms. The zero-order valence-electron chi connectivity index (χ0n) is 15.6. The number of aromatic nitrogens is 2. The van der Waals surface area contributed by atoms with Crippen molar-refractivity contribution in [2.75, 3.05) is 6.54 Å². The second-order valence-corrected chi connectivity index (χ2v) is 7.49. The average molecular weight is 356 g/mol. The van der Waals surface area contributed by atoms with E-state index in [1.807, 2.05) is 18.2 Å². The molecule has 1 saturated carbocycles. The van der Waals surface area contributed by atoms with Gasteiger partial charge in [-0.05, 0) is 37.3 Å². The maximum atomic E-state index is 12.7. The Morgan fingerprint density at radius 2 is 1.96 bits per heavy atom. The molecule has 1 aliphatic carbocycles. The van der Waals surface area contributed by atoms with Gasteiger partial charge in [-0.25, -0.2) is 4.98 Å². The number of carbonyl (C=O) groups excluding carboxylic acids is 2. The van der Waals surface area contributed by atoms with Crippen molar-refractivity contribution in [1.29, 1.82) is 0 Å². The molecule has 2 heterocycles. The van der Waals surface area contributed by atoms with E-state index in [1.165, 1.54) is 6.42 Å². The molecule has 0 aromatic carbocycles. The van der Waals surface area contributed by atoms with Gasteiger partial charge in [-0.1, -0.05) is 39.2 Å². The van der Waals surface area contributed by atoms with Gasteiger partial charge in [0.25, 0.3) is 11.8 Å². The molecule has 3 rings (SSSR count). The van der Waals surface area contributed by atoms with Crippen molar-refractivity contribution in [3.8, 4) is 0 Å². The van der Waals surface area contributed by atoms with Gasteiger partial charge >= 0.3 is 0 Å². The third-order valence-electron chi connectivity index (χ3n) is 4.91. The molecule has 1 aliphatic rings. The molecule has 140 valence electrons. The summed E-state index contributed by atoms with van der Waals surface area (Å²) in [5, 5.41) is 5.99. The number of carbonyl (C=O) groups is 2. The highest BCUT2D eigenvalue weighted by molar-refractivity contribution is 6.02. The van der Waals surface area contributed by atoms with Gasteiger partial charge in [0.2, 0.25) is 5.82 Å². The molecule has 0 aliphatic heterocycles. The third-order valence-corrected chi connectivity index (χ3v) is 4.91. The first-order valence-corrected chi connectivity index (χ1v) is 9.62. The summed E-state index contributed by atoms with van der Waals surface area (Å²) in [7, 11) is 0. The Morgan fingerprint density at radius 1 is 1.19 bits per heavy atom. The van der Waals surface area contributed by atoms with Crippen molar-refractivity contribution in [3.05, 3.63) is 35.9 Å². The fourth-order valence-corrected chi connectivity index (χ4v) is 3.42. The maximum Gasteiger partial charge on any atom is 0.287 e. The summed E-state index contributed by atoms with van der Waals surface area (Å²) >= 11 is 0. The smallest absolute Gasteiger partial charge is 0.287 e. The Kier molecular flexibility index (Phi) is 5.91. The van der Waals surface area contributed by atoms with Crippen LogP contribution in [0.1, 0.15) is 73.5 Å². The molecule has 2 aromatic heterocycles. The van der Waals surface area contributed by atoms with Crippen molar-refractivity contribution in [2.45, 2.75) is 58.4 Å². The number of hydrogen-bond donors (Lipinski definition) is 2. The number of rotatable bonds is 6. The minimum absolute atomic E-state index is 0.204. The van der Waals surface area contributed by atoms with Gasteiger partial charge in [-0.2, -0.15) is 0 Å². The lowest BCUT2D eigenvalue weighted by molar-refractivity contribution is 0.0916. The molecule has 0 unspecified atom stereocenters. The van der Waals surface area contributed by atoms with Crippen LogP contribution in [0.5, 0.6) is 0 Å². The molecular formula is C20H28N4O2. The monoisotopic (exact) mass is 356 g/mol. The van der Waals surface area contributed by atoms with E-state index in [1.54, 1.807) is 10.6 Å². The molecule has 26 heavy (non-hydrogen) atoms. The number of nitrogens with zero attached hydrogens (tertiary/aromatic N) is 2. The lowest BCUT2D eigenvalue weighted by atomic mass is 9.95. The first-order valence-electron chi connectivity index (χ1n) is 9.62. The molecule has 6 nitrogen and oxygen atoms in total. The van der Waals surface area contributed by atoms with E-state index < -0.39 is 0 Å². The second kappa shape index (κ2) is 8.34. The summed E-state index contributed by atoms with van der Waals surface area (Å²) in [4.78, 5) is 29.7. The summed E-state index contributed by atoms with van der Waals surface area (Å²) in [6, 6.07) is 5.72. The van der Waals surface area contributed by atoms with Gasteiger partial charge in [-0.15, -0.1) is 0 Å². The van der Waals surface area contributed by atoms with Crippen LogP contribution in [0.2, 0.25) is 0 Å². The minimum atomic E-state index is -0.230. The molecular weight excluding hydrogens is 328 g/mol. The van der Waals surface area contributed by atoms with Gasteiger partial charge in [0.1, 0.15) is 0 Å². The van der Waals surface area contributed by atoms with E-state index in [0.29, 0.717) is 23.7 Å². The fraction of sp³-hybridized carbons (Fsp3) is 0.550. The lowest BCUT2D eigenvalue weighted by Gasteiger charge is -2.22. The topological polar surface area (TPSA) is 75.5 Å². The van der Waals surface area contributed by atoms with Crippen molar-refractivity contribution in [1.82, 2.24) is 20.0 Å². The fourth-order valence-electron chi connectivity index (χ4n) is 3.42. The largest absolute Gasteiger partial charge is 0.351 e. The summed E-state index contributed by atoms with van der Waals surface area (Å²) in [6.45, 7) is 4.84. The molecule has 2 amide bonds. The number of fused-ring (bicyclic) bond motifs is 1. The van der Waals surface area contributed by atoms with E-state index in [4.69, 9.17) is 0 Å². The Labute approximate surface area is 154 Å². The highest BCUT2D eigenvalue weighted by atomic mass is 16.2. The van der Waals surface area contributed by atoms with Gasteiger partial charge in [0, 0.05) is 18.8 Å². The van der Waals surface area contributed by atoms with E-state index in [9.17, 15) is 9.59 Å². The predicted octanol–water partition coefficient (Wildman–Crippen LogP) is 3.17. The van der Waals surface area contributed by atoms with Gasteiger partial charge in [0.05, 0.1) is 5.52 Å². The maximum absolute atomic E-state index is 12.7. The summed E-state index contributed by atoms with van der Waals surface area (Å²) < 4.78 is 1.70. The molecule has 0 saturated heterocycles. The number of imidazole rings is 1. The zero-order chi connectivity index (χ0) is 18.5. The van der Waals surface area contributed by atoms with Gasteiger partial charge in [0.15, 0.2) is 5.69 Å². The molecule has 1 fully saturated rings. The van der Waals surface area contributed by atoms with E-state index in [0.717, 1.165) is 32.1 Å². The van der Waals surface area contributed by atoms with Crippen molar-refractivity contribution in [3.63, 3.8) is 0 Å². The average Bonchev–Trinajstić information content (AvgIpc) is 3.02. The van der Waals surface area contributed by atoms with Crippen LogP contribution < -0.4 is 10.6 Å². The number of hydrogen-bond acceptors (Lipinski definition) is 3. The number of nitrogens with one attached hydrogen (secondary N) is 2. The predicted molar refractivity (Wildman–Crippen MR) is 101 cm³/mol. The van der Waals surface area contributed by atoms with Crippen LogP contribution in [0.25, 0.3) is 5.52 Å². The second-order valence-electron chi connectivity index (χ2n) is 7.49. The summed E-state index contributed by atoms with van der Waals surface area (Å²) in [6.07, 6.45) is 8.25. The van der Waals surface area contributed by atoms with E-state index in [-0.39, 0.29) is 23.7 Å². The third kappa shape index (κ3) is 4.23. The first kappa shape index (κ1) is 18.4. The Balaban J connectivity index is 1.80. The van der Waals surface area contributed by atoms with Crippen LogP contribution in [0.4, 0.5) is 0 Å². The van der Waals surface area contributed by atoms with Crippen LogP contribution in [0.15, 0.2) is 24.4 Å². The molecule has 0 radical (unpaired) electrons. The number of amides is 2. The quantitative estimate of drug-likeness (QED) is 0.835. The Bertz CT molecular complexity index is 775. The van der Waals surface area contributed by atoms with Crippen LogP contribution in [0.3, 0.4) is 0 Å². The van der Waals surface area contributed by atoms with Crippen molar-refractivity contribution in [2.24, 2.45) is 5.92 Å². The molecule has 0 atom stereocenters. The van der Waals surface area contributed by atoms with Crippen molar-refractivity contribution >= 4 is 17.3 Å². The molecule has 0 bridgehead atoms. The molecule has 2 N–H and O–H groups in total. The van der Waals surface area contributed by atoms with Gasteiger partial charge < -0.3 is 10.6 Å². The molecule has 2 aromatic rings. The first-order chi connectivity index (χ1) is 12.6. The van der Waals surface area contributed by atoms with Crippen LogP contribution >= 0.6 is 0 Å². The summed E-state index contributed by atoms with van der Waals surface area (Å²) in [5.41, 5.74) is 0.964. The highest BCUT2D eigenvalue weighted by Gasteiger charge is 2.23. The van der Waals surface area contributed by atoms with Crippen LogP contribution in [-0.4, -0.2) is 33.8 Å². The Hall–Kier alpha value is -2.37. The van der Waals surface area contributed by atoms with Crippen LogP contribution in [-0.2, 0) is 0 Å². The zero-order valence-corrected chi connectivity index (χ0v) is 15.6. The van der Waals surface area contributed by atoms with Gasteiger partial charge in [-0.3, -0.25) is 14.0 Å². The van der Waals surface area contributed by atoms with E-state index >= 15 is 0 Å². The highest BCUT2D eigenvalue weighted by Crippen LogP contribution is 2.19.